The molecule has 0 radical (unpaired) electrons. The molecule has 1 atom stereocenters. The lowest BCUT2D eigenvalue weighted by atomic mass is 10.3. The van der Waals surface area contributed by atoms with Gasteiger partial charge in [0.2, 0.25) is 10.0 Å². The molecule has 1 aliphatic heterocycles. The van der Waals surface area contributed by atoms with E-state index in [1.165, 1.54) is 0 Å². The molecular formula is C13H20N2O4S. The second kappa shape index (κ2) is 7.03. The molecule has 0 amide bonds. The Morgan fingerprint density at radius 3 is 2.65 bits per heavy atom. The Morgan fingerprint density at radius 2 is 2.05 bits per heavy atom. The van der Waals surface area contributed by atoms with E-state index in [1.54, 1.807) is 31.4 Å². The van der Waals surface area contributed by atoms with Crippen LogP contribution in [0.5, 0.6) is 5.75 Å². The first-order valence-corrected chi connectivity index (χ1v) is 8.05. The molecule has 1 aromatic carbocycles. The molecule has 2 rings (SSSR count). The van der Waals surface area contributed by atoms with Crippen molar-refractivity contribution in [3.05, 3.63) is 24.3 Å². The fourth-order valence-electron chi connectivity index (χ4n) is 2.00. The van der Waals surface area contributed by atoms with Gasteiger partial charge in [-0.3, -0.25) is 0 Å². The molecule has 1 unspecified atom stereocenters. The Labute approximate surface area is 119 Å². The lowest BCUT2D eigenvalue weighted by Gasteiger charge is -2.12. The molecule has 1 heterocycles. The quantitative estimate of drug-likeness (QED) is 0.711. The summed E-state index contributed by atoms with van der Waals surface area (Å²) in [6, 6.07) is 6.37. The predicted molar refractivity (Wildman–Crippen MR) is 75.4 cm³/mol. The highest BCUT2D eigenvalue weighted by atomic mass is 32.2. The van der Waals surface area contributed by atoms with Crippen molar-refractivity contribution in [1.29, 1.82) is 0 Å². The highest BCUT2D eigenvalue weighted by molar-refractivity contribution is 7.89. The molecule has 112 valence electrons. The van der Waals surface area contributed by atoms with Crippen molar-refractivity contribution < 1.29 is 17.9 Å². The molecule has 0 aliphatic carbocycles. The van der Waals surface area contributed by atoms with E-state index in [1.807, 2.05) is 0 Å². The molecule has 1 aliphatic rings. The zero-order valence-corrected chi connectivity index (χ0v) is 12.3. The summed E-state index contributed by atoms with van der Waals surface area (Å²) in [7, 11) is -1.86. The van der Waals surface area contributed by atoms with Crippen LogP contribution in [0.25, 0.3) is 0 Å². The molecule has 2 N–H and O–H groups in total. The molecule has 1 aromatic rings. The lowest BCUT2D eigenvalue weighted by molar-refractivity contribution is 0.146. The minimum Gasteiger partial charge on any atom is -0.491 e. The predicted octanol–water partition coefficient (Wildman–Crippen LogP) is 0.352. The summed E-state index contributed by atoms with van der Waals surface area (Å²) < 4.78 is 37.3. The van der Waals surface area contributed by atoms with Gasteiger partial charge in [0.15, 0.2) is 0 Å². The highest BCUT2D eigenvalue weighted by Gasteiger charge is 2.22. The number of benzene rings is 1. The van der Waals surface area contributed by atoms with Crippen molar-refractivity contribution in [3.8, 4) is 5.75 Å². The number of nitrogens with one attached hydrogen (secondary N) is 2. The maximum absolute atomic E-state index is 12.2. The van der Waals surface area contributed by atoms with Gasteiger partial charge >= 0.3 is 0 Å². The third-order valence-corrected chi connectivity index (χ3v) is 4.61. The van der Waals surface area contributed by atoms with E-state index in [-0.39, 0.29) is 10.9 Å². The Hall–Kier alpha value is -1.15. The molecule has 20 heavy (non-hydrogen) atoms. The van der Waals surface area contributed by atoms with E-state index in [0.29, 0.717) is 25.5 Å². The van der Waals surface area contributed by atoms with Gasteiger partial charge in [-0.25, -0.2) is 13.1 Å². The van der Waals surface area contributed by atoms with Gasteiger partial charge in [0.05, 0.1) is 11.5 Å². The first kappa shape index (κ1) is 15.2. The van der Waals surface area contributed by atoms with Crippen LogP contribution in [0.3, 0.4) is 0 Å². The number of rotatable bonds is 7. The Balaban J connectivity index is 1.97. The van der Waals surface area contributed by atoms with E-state index in [4.69, 9.17) is 9.47 Å². The summed E-state index contributed by atoms with van der Waals surface area (Å²) in [5.74, 6) is 0.628. The zero-order chi connectivity index (χ0) is 14.4. The fraction of sp³-hybridized carbons (Fsp3) is 0.538. The van der Waals surface area contributed by atoms with Crippen LogP contribution in [-0.4, -0.2) is 47.9 Å². The average Bonchev–Trinajstić information content (AvgIpc) is 2.92. The van der Waals surface area contributed by atoms with Crippen molar-refractivity contribution >= 4 is 10.0 Å². The Kier molecular flexibility index (Phi) is 5.36. The van der Waals surface area contributed by atoms with Crippen LogP contribution in [0.4, 0.5) is 0 Å². The first-order valence-electron chi connectivity index (χ1n) is 6.56. The third kappa shape index (κ3) is 4.17. The van der Waals surface area contributed by atoms with Gasteiger partial charge in [-0.1, -0.05) is 0 Å². The van der Waals surface area contributed by atoms with Gasteiger partial charge < -0.3 is 14.8 Å². The maximum atomic E-state index is 12.2. The topological polar surface area (TPSA) is 76.7 Å². The summed E-state index contributed by atoms with van der Waals surface area (Å²) in [4.78, 5) is 0.253. The molecule has 7 heteroatoms. The summed E-state index contributed by atoms with van der Waals surface area (Å²) in [5.41, 5.74) is 0. The minimum atomic E-state index is -3.46. The second-order valence-electron chi connectivity index (χ2n) is 4.62. The summed E-state index contributed by atoms with van der Waals surface area (Å²) in [5, 5.41) is 3.13. The third-order valence-electron chi connectivity index (χ3n) is 3.07. The van der Waals surface area contributed by atoms with Crippen LogP contribution < -0.4 is 14.8 Å². The van der Waals surface area contributed by atoms with E-state index >= 15 is 0 Å². The van der Waals surface area contributed by atoms with Gasteiger partial charge in [0.1, 0.15) is 12.4 Å². The first-order chi connectivity index (χ1) is 9.62. The lowest BCUT2D eigenvalue weighted by Crippen LogP contribution is -2.36. The van der Waals surface area contributed by atoms with E-state index in [0.717, 1.165) is 13.0 Å². The molecule has 0 aromatic heterocycles. The van der Waals surface area contributed by atoms with Gasteiger partial charge in [-0.2, -0.15) is 0 Å². The van der Waals surface area contributed by atoms with E-state index < -0.39 is 10.0 Å². The van der Waals surface area contributed by atoms with Crippen molar-refractivity contribution in [1.82, 2.24) is 10.0 Å². The van der Waals surface area contributed by atoms with Crippen molar-refractivity contribution in [3.63, 3.8) is 0 Å². The molecular weight excluding hydrogens is 280 g/mol. The summed E-state index contributed by atoms with van der Waals surface area (Å²) in [6.07, 6.45) is 0.817. The molecule has 1 saturated heterocycles. The molecule has 6 nitrogen and oxygen atoms in total. The monoisotopic (exact) mass is 300 g/mol. The normalized spacial score (nSPS) is 19.1. The van der Waals surface area contributed by atoms with Crippen molar-refractivity contribution in [2.24, 2.45) is 0 Å². The fourth-order valence-corrected chi connectivity index (χ4v) is 3.27. The number of methoxy groups -OCH3 is 1. The molecule has 0 spiro atoms. The van der Waals surface area contributed by atoms with Crippen LogP contribution in [0.15, 0.2) is 29.2 Å². The van der Waals surface area contributed by atoms with Crippen molar-refractivity contribution in [2.45, 2.75) is 17.4 Å². The molecule has 0 bridgehead atoms. The van der Waals surface area contributed by atoms with E-state index in [2.05, 4.69) is 10.0 Å². The Bertz CT molecular complexity index is 510. The molecule has 0 saturated carbocycles. The largest absolute Gasteiger partial charge is 0.491 e. The Morgan fingerprint density at radius 1 is 1.30 bits per heavy atom. The second-order valence-corrected chi connectivity index (χ2v) is 6.34. The van der Waals surface area contributed by atoms with Crippen molar-refractivity contribution in [2.75, 3.05) is 33.4 Å². The minimum absolute atomic E-state index is 0.0300. The highest BCUT2D eigenvalue weighted by Crippen LogP contribution is 2.16. The smallest absolute Gasteiger partial charge is 0.240 e. The van der Waals surface area contributed by atoms with E-state index in [9.17, 15) is 8.42 Å². The number of hydrogen-bond acceptors (Lipinski definition) is 5. The number of hydrogen-bond donors (Lipinski definition) is 2. The van der Waals surface area contributed by atoms with Gasteiger partial charge in [0, 0.05) is 19.7 Å². The SMILES string of the molecule is COCCOc1ccc(S(=O)(=O)NC2CCNC2)cc1. The number of sulfonamides is 1. The van der Waals surface area contributed by atoms with Crippen LogP contribution >= 0.6 is 0 Å². The van der Waals surface area contributed by atoms with Gasteiger partial charge in [-0.15, -0.1) is 0 Å². The average molecular weight is 300 g/mol. The maximum Gasteiger partial charge on any atom is 0.240 e. The van der Waals surface area contributed by atoms with Crippen LogP contribution in [0.2, 0.25) is 0 Å². The van der Waals surface area contributed by atoms with Gasteiger partial charge in [0.25, 0.3) is 0 Å². The van der Waals surface area contributed by atoms with Crippen LogP contribution in [0.1, 0.15) is 6.42 Å². The van der Waals surface area contributed by atoms with Crippen LogP contribution in [0, 0.1) is 0 Å². The van der Waals surface area contributed by atoms with Crippen LogP contribution in [-0.2, 0) is 14.8 Å². The standard InChI is InChI=1S/C13H20N2O4S/c1-18-8-9-19-12-2-4-13(5-3-12)20(16,17)15-11-6-7-14-10-11/h2-5,11,14-15H,6-10H2,1H3. The molecule has 1 fully saturated rings. The number of ether oxygens (including phenoxy) is 2. The zero-order valence-electron chi connectivity index (χ0n) is 11.5. The summed E-state index contributed by atoms with van der Waals surface area (Å²) in [6.45, 7) is 2.46. The van der Waals surface area contributed by atoms with Gasteiger partial charge in [-0.05, 0) is 37.2 Å². The summed E-state index contributed by atoms with van der Waals surface area (Å²) >= 11 is 0.